The maximum absolute atomic E-state index is 11.9. The number of hydrogen-bond donors (Lipinski definition) is 3. The second-order valence-corrected chi connectivity index (χ2v) is 4.29. The average molecular weight is 257 g/mol. The number of amides is 1. The summed E-state index contributed by atoms with van der Waals surface area (Å²) < 4.78 is 0. The number of aromatic nitrogens is 1. The number of benzene rings is 1. The van der Waals surface area contributed by atoms with Crippen molar-refractivity contribution >= 4 is 17.4 Å². The third-order valence-electron chi connectivity index (χ3n) is 2.70. The monoisotopic (exact) mass is 257 g/mol. The number of carbonyl (C=O) groups excluding carboxylic acids is 1. The molecule has 0 aliphatic rings. The molecule has 0 unspecified atom stereocenters. The summed E-state index contributed by atoms with van der Waals surface area (Å²) in [6.07, 6.45) is 1.58. The van der Waals surface area contributed by atoms with Gasteiger partial charge in [-0.15, -0.1) is 0 Å². The molecule has 19 heavy (non-hydrogen) atoms. The van der Waals surface area contributed by atoms with E-state index in [1.807, 2.05) is 6.92 Å². The highest BCUT2D eigenvalue weighted by molar-refractivity contribution is 5.92. The number of phenolic OH excluding ortho intramolecular Hbond substituents is 1. The van der Waals surface area contributed by atoms with Crippen molar-refractivity contribution < 1.29 is 9.90 Å². The maximum Gasteiger partial charge on any atom is 0.230 e. The summed E-state index contributed by atoms with van der Waals surface area (Å²) in [5.41, 5.74) is 7.52. The molecule has 1 heterocycles. The van der Waals surface area contributed by atoms with Gasteiger partial charge in [-0.3, -0.25) is 4.79 Å². The van der Waals surface area contributed by atoms with Gasteiger partial charge in [-0.1, -0.05) is 18.2 Å². The zero-order valence-corrected chi connectivity index (χ0v) is 10.6. The molecule has 0 radical (unpaired) electrons. The Morgan fingerprint density at radius 3 is 2.84 bits per heavy atom. The van der Waals surface area contributed by atoms with Crippen LogP contribution in [0, 0.1) is 6.92 Å². The van der Waals surface area contributed by atoms with Crippen molar-refractivity contribution in [1.82, 2.24) is 4.98 Å². The fourth-order valence-corrected chi connectivity index (χ4v) is 1.74. The van der Waals surface area contributed by atoms with E-state index in [1.165, 1.54) is 6.20 Å². The highest BCUT2D eigenvalue weighted by Crippen LogP contribution is 2.18. The van der Waals surface area contributed by atoms with Crippen LogP contribution in [0.2, 0.25) is 0 Å². The molecule has 0 atom stereocenters. The fourth-order valence-electron chi connectivity index (χ4n) is 1.74. The number of nitrogens with two attached hydrogens (primary N) is 1. The first-order valence-electron chi connectivity index (χ1n) is 5.85. The quantitative estimate of drug-likeness (QED) is 0.783. The summed E-state index contributed by atoms with van der Waals surface area (Å²) in [6.45, 7) is 1.82. The van der Waals surface area contributed by atoms with Crippen molar-refractivity contribution in [2.45, 2.75) is 13.3 Å². The number of anilines is 2. The first-order valence-corrected chi connectivity index (χ1v) is 5.85. The van der Waals surface area contributed by atoms with Crippen molar-refractivity contribution in [3.8, 4) is 5.75 Å². The molecular weight excluding hydrogens is 242 g/mol. The molecule has 0 spiro atoms. The molecule has 0 fully saturated rings. The number of aromatic hydroxyl groups is 1. The van der Waals surface area contributed by atoms with Crippen LogP contribution in [0.15, 0.2) is 36.5 Å². The smallest absolute Gasteiger partial charge is 0.230 e. The summed E-state index contributed by atoms with van der Waals surface area (Å²) in [7, 11) is 0. The minimum absolute atomic E-state index is 0.0954. The van der Waals surface area contributed by atoms with Gasteiger partial charge >= 0.3 is 0 Å². The van der Waals surface area contributed by atoms with Crippen LogP contribution in [-0.4, -0.2) is 16.0 Å². The lowest BCUT2D eigenvalue weighted by molar-refractivity contribution is -0.115. The van der Waals surface area contributed by atoms with E-state index in [4.69, 9.17) is 5.73 Å². The van der Waals surface area contributed by atoms with Crippen molar-refractivity contribution in [3.05, 3.63) is 47.7 Å². The number of rotatable bonds is 3. The number of para-hydroxylation sites is 1. The maximum atomic E-state index is 11.9. The largest absolute Gasteiger partial charge is 0.508 e. The van der Waals surface area contributed by atoms with Gasteiger partial charge in [0.2, 0.25) is 5.91 Å². The van der Waals surface area contributed by atoms with E-state index in [2.05, 4.69) is 10.3 Å². The lowest BCUT2D eigenvalue weighted by Crippen LogP contribution is -2.16. The van der Waals surface area contributed by atoms with Crippen molar-refractivity contribution in [3.63, 3.8) is 0 Å². The van der Waals surface area contributed by atoms with Gasteiger partial charge in [0.25, 0.3) is 0 Å². The van der Waals surface area contributed by atoms with Crippen LogP contribution in [0.3, 0.4) is 0 Å². The molecular formula is C14H15N3O2. The van der Waals surface area contributed by atoms with Crippen LogP contribution in [0.4, 0.5) is 11.5 Å². The Kier molecular flexibility index (Phi) is 3.66. The topological polar surface area (TPSA) is 88.2 Å². The lowest BCUT2D eigenvalue weighted by Gasteiger charge is -2.08. The number of pyridine rings is 1. The molecule has 0 saturated heterocycles. The van der Waals surface area contributed by atoms with E-state index in [0.717, 1.165) is 5.56 Å². The Morgan fingerprint density at radius 1 is 1.42 bits per heavy atom. The minimum Gasteiger partial charge on any atom is -0.508 e. The van der Waals surface area contributed by atoms with E-state index in [-0.39, 0.29) is 18.1 Å². The van der Waals surface area contributed by atoms with Crippen molar-refractivity contribution in [1.29, 1.82) is 0 Å². The second kappa shape index (κ2) is 5.39. The van der Waals surface area contributed by atoms with Crippen molar-refractivity contribution in [2.24, 2.45) is 0 Å². The number of nitrogens with zero attached hydrogens (tertiary/aromatic N) is 1. The molecule has 1 aromatic heterocycles. The summed E-state index contributed by atoms with van der Waals surface area (Å²) in [5.74, 6) is 0.358. The molecule has 0 aliphatic heterocycles. The van der Waals surface area contributed by atoms with Gasteiger partial charge in [-0.25, -0.2) is 4.98 Å². The molecule has 2 aromatic rings. The van der Waals surface area contributed by atoms with Gasteiger partial charge in [0.15, 0.2) is 0 Å². The minimum atomic E-state index is -0.234. The summed E-state index contributed by atoms with van der Waals surface area (Å²) in [5, 5.41) is 12.3. The Balaban J connectivity index is 2.08. The zero-order chi connectivity index (χ0) is 13.8. The number of hydrogen-bond acceptors (Lipinski definition) is 4. The Hall–Kier alpha value is -2.56. The van der Waals surface area contributed by atoms with Crippen LogP contribution in [0.25, 0.3) is 0 Å². The van der Waals surface area contributed by atoms with E-state index >= 15 is 0 Å². The predicted octanol–water partition coefficient (Wildman–Crippen LogP) is 1.86. The van der Waals surface area contributed by atoms with Gasteiger partial charge in [0.1, 0.15) is 11.6 Å². The predicted molar refractivity (Wildman–Crippen MR) is 73.8 cm³/mol. The fraction of sp³-hybridized carbons (Fsp3) is 0.143. The molecule has 98 valence electrons. The Bertz CT molecular complexity index is 611. The number of phenols is 1. The molecule has 1 amide bonds. The van der Waals surface area contributed by atoms with E-state index in [1.54, 1.807) is 30.3 Å². The molecule has 4 N–H and O–H groups in total. The molecule has 0 bridgehead atoms. The third kappa shape index (κ3) is 3.22. The normalized spacial score (nSPS) is 10.2. The molecule has 0 aliphatic carbocycles. The third-order valence-corrected chi connectivity index (χ3v) is 2.70. The first kappa shape index (κ1) is 12.9. The van der Waals surface area contributed by atoms with Gasteiger partial charge in [-0.2, -0.15) is 0 Å². The van der Waals surface area contributed by atoms with E-state index in [0.29, 0.717) is 17.1 Å². The molecule has 0 saturated carbocycles. The van der Waals surface area contributed by atoms with Crippen molar-refractivity contribution in [2.75, 3.05) is 11.1 Å². The average Bonchev–Trinajstić information content (AvgIpc) is 2.36. The highest BCUT2D eigenvalue weighted by Gasteiger charge is 2.09. The summed E-state index contributed by atoms with van der Waals surface area (Å²) >= 11 is 0. The van der Waals surface area contributed by atoms with Gasteiger partial charge < -0.3 is 16.2 Å². The Morgan fingerprint density at radius 2 is 2.16 bits per heavy atom. The standard InChI is InChI=1S/C14H15N3O2/c1-9-6-11(15)8-16-14(9)17-13(19)7-10-4-2-3-5-12(10)18/h2-6,8,18H,7,15H2,1H3,(H,16,17,19). The molecule has 2 rings (SSSR count). The van der Waals surface area contributed by atoms with Gasteiger partial charge in [-0.05, 0) is 24.6 Å². The zero-order valence-electron chi connectivity index (χ0n) is 10.6. The molecule has 5 heteroatoms. The van der Waals surface area contributed by atoms with Gasteiger partial charge in [0.05, 0.1) is 18.3 Å². The number of nitrogens with one attached hydrogen (secondary N) is 1. The van der Waals surface area contributed by atoms with E-state index < -0.39 is 0 Å². The lowest BCUT2D eigenvalue weighted by atomic mass is 10.1. The number of aryl methyl sites for hydroxylation is 1. The van der Waals surface area contributed by atoms with E-state index in [9.17, 15) is 9.90 Å². The SMILES string of the molecule is Cc1cc(N)cnc1NC(=O)Cc1ccccc1O. The van der Waals surface area contributed by atoms with Crippen LogP contribution < -0.4 is 11.1 Å². The van der Waals surface area contributed by atoms with Crippen LogP contribution >= 0.6 is 0 Å². The molecule has 1 aromatic carbocycles. The summed E-state index contributed by atoms with van der Waals surface area (Å²) in [6, 6.07) is 8.48. The first-order chi connectivity index (χ1) is 9.06. The van der Waals surface area contributed by atoms with Gasteiger partial charge in [0, 0.05) is 5.56 Å². The van der Waals surface area contributed by atoms with Crippen LogP contribution in [0.1, 0.15) is 11.1 Å². The summed E-state index contributed by atoms with van der Waals surface area (Å²) in [4.78, 5) is 15.9. The number of carbonyl (C=O) groups is 1. The number of nitrogen functional groups attached to an aromatic ring is 1. The van der Waals surface area contributed by atoms with Crippen LogP contribution in [0.5, 0.6) is 5.75 Å². The Labute approximate surface area is 111 Å². The second-order valence-electron chi connectivity index (χ2n) is 4.29. The van der Waals surface area contributed by atoms with Crippen LogP contribution in [-0.2, 0) is 11.2 Å². The highest BCUT2D eigenvalue weighted by atomic mass is 16.3. The molecule has 5 nitrogen and oxygen atoms in total.